The van der Waals surface area contributed by atoms with Crippen molar-refractivity contribution in [1.29, 1.82) is 0 Å². The Balaban J connectivity index is 2.14. The number of ether oxygens (including phenoxy) is 1. The van der Waals surface area contributed by atoms with Crippen molar-refractivity contribution in [3.63, 3.8) is 0 Å². The summed E-state index contributed by atoms with van der Waals surface area (Å²) in [7, 11) is 1.34. The summed E-state index contributed by atoms with van der Waals surface area (Å²) in [6, 6.07) is 9.25. The van der Waals surface area contributed by atoms with Crippen molar-refractivity contribution >= 4 is 23.2 Å². The van der Waals surface area contributed by atoms with E-state index in [4.69, 9.17) is 16.3 Å². The van der Waals surface area contributed by atoms with Crippen LogP contribution in [-0.4, -0.2) is 27.7 Å². The molecule has 3 aromatic rings. The number of carbonyl (C=O) groups excluding carboxylic acids is 1. The van der Waals surface area contributed by atoms with Gasteiger partial charge >= 0.3 is 5.97 Å². The number of hydrogen-bond acceptors (Lipinski definition) is 4. The molecule has 5 nitrogen and oxygen atoms in total. The summed E-state index contributed by atoms with van der Waals surface area (Å²) in [5.41, 5.74) is 3.46. The predicted molar refractivity (Wildman–Crippen MR) is 79.5 cm³/mol. The highest BCUT2D eigenvalue weighted by atomic mass is 35.5. The minimum absolute atomic E-state index is 0.399. The minimum Gasteiger partial charge on any atom is -0.465 e. The van der Waals surface area contributed by atoms with Crippen LogP contribution in [0.5, 0.6) is 0 Å². The monoisotopic (exact) mass is 301 g/mol. The highest BCUT2D eigenvalue weighted by molar-refractivity contribution is 6.30. The van der Waals surface area contributed by atoms with Crippen LogP contribution in [0.15, 0.2) is 36.5 Å². The quantitative estimate of drug-likeness (QED) is 0.682. The fourth-order valence-corrected chi connectivity index (χ4v) is 2.25. The molecule has 106 valence electrons. The number of esters is 1. The van der Waals surface area contributed by atoms with Crippen molar-refractivity contribution in [3.05, 3.63) is 52.8 Å². The van der Waals surface area contributed by atoms with Crippen LogP contribution in [0.4, 0.5) is 0 Å². The van der Waals surface area contributed by atoms with E-state index in [9.17, 15) is 4.79 Å². The molecule has 0 saturated carbocycles. The van der Waals surface area contributed by atoms with Gasteiger partial charge in [0.05, 0.1) is 24.1 Å². The van der Waals surface area contributed by atoms with E-state index in [0.717, 1.165) is 11.3 Å². The number of aromatic nitrogens is 3. The van der Waals surface area contributed by atoms with Gasteiger partial charge in [-0.1, -0.05) is 23.7 Å². The van der Waals surface area contributed by atoms with Crippen LogP contribution in [0, 0.1) is 6.92 Å². The number of benzene rings is 1. The largest absolute Gasteiger partial charge is 0.465 e. The van der Waals surface area contributed by atoms with Gasteiger partial charge in [-0.25, -0.2) is 14.3 Å². The third-order valence-corrected chi connectivity index (χ3v) is 3.52. The maximum absolute atomic E-state index is 11.7. The normalized spacial score (nSPS) is 10.8. The average Bonchev–Trinajstić information content (AvgIpc) is 2.92. The van der Waals surface area contributed by atoms with Gasteiger partial charge in [0.2, 0.25) is 0 Å². The summed E-state index contributed by atoms with van der Waals surface area (Å²) in [4.78, 5) is 15.9. The lowest BCUT2D eigenvalue weighted by molar-refractivity contribution is 0.0598. The molecule has 6 heteroatoms. The zero-order valence-corrected chi connectivity index (χ0v) is 12.3. The summed E-state index contributed by atoms with van der Waals surface area (Å²) < 4.78 is 6.37. The molecule has 0 bridgehead atoms. The Kier molecular flexibility index (Phi) is 3.35. The van der Waals surface area contributed by atoms with E-state index in [-0.39, 0.29) is 0 Å². The number of hydrogen-bond donors (Lipinski definition) is 0. The van der Waals surface area contributed by atoms with E-state index in [1.807, 2.05) is 18.2 Å². The predicted octanol–water partition coefficient (Wildman–Crippen LogP) is 3.14. The number of aryl methyl sites for hydroxylation is 1. The number of halogens is 1. The third-order valence-electron chi connectivity index (χ3n) is 3.27. The molecule has 21 heavy (non-hydrogen) atoms. The van der Waals surface area contributed by atoms with Gasteiger partial charge in [0, 0.05) is 22.8 Å². The number of methoxy groups -OCH3 is 1. The molecule has 0 atom stereocenters. The number of rotatable bonds is 2. The van der Waals surface area contributed by atoms with Gasteiger partial charge in [-0.3, -0.25) is 0 Å². The maximum atomic E-state index is 11.7. The molecule has 0 fully saturated rings. The van der Waals surface area contributed by atoms with E-state index < -0.39 is 5.97 Å². The summed E-state index contributed by atoms with van der Waals surface area (Å²) in [5, 5.41) is 5.16. The van der Waals surface area contributed by atoms with Crippen LogP contribution < -0.4 is 0 Å². The Labute approximate surface area is 126 Å². The average molecular weight is 302 g/mol. The van der Waals surface area contributed by atoms with Gasteiger partial charge in [0.1, 0.15) is 0 Å². The smallest absolute Gasteiger partial charge is 0.341 e. The molecule has 0 spiro atoms. The van der Waals surface area contributed by atoms with E-state index in [1.54, 1.807) is 23.6 Å². The van der Waals surface area contributed by atoms with Crippen LogP contribution in [0.1, 0.15) is 16.1 Å². The van der Waals surface area contributed by atoms with Crippen molar-refractivity contribution in [2.45, 2.75) is 6.92 Å². The van der Waals surface area contributed by atoms with Crippen LogP contribution in [0.2, 0.25) is 5.02 Å². The Hall–Kier alpha value is -2.40. The van der Waals surface area contributed by atoms with Gasteiger partial charge in [0.15, 0.2) is 5.65 Å². The zero-order chi connectivity index (χ0) is 15.0. The van der Waals surface area contributed by atoms with Crippen molar-refractivity contribution in [2.24, 2.45) is 0 Å². The number of nitrogens with zero attached hydrogens (tertiary/aromatic N) is 3. The van der Waals surface area contributed by atoms with Crippen molar-refractivity contribution in [2.75, 3.05) is 7.11 Å². The molecular weight excluding hydrogens is 290 g/mol. The second-order valence-electron chi connectivity index (χ2n) is 4.56. The van der Waals surface area contributed by atoms with Gasteiger partial charge in [-0.05, 0) is 19.1 Å². The van der Waals surface area contributed by atoms with E-state index in [1.165, 1.54) is 13.3 Å². The summed E-state index contributed by atoms with van der Waals surface area (Å²) in [6.07, 6.45) is 1.50. The molecule has 0 aliphatic heterocycles. The van der Waals surface area contributed by atoms with Crippen LogP contribution in [0.3, 0.4) is 0 Å². The second kappa shape index (κ2) is 5.18. The summed E-state index contributed by atoms with van der Waals surface area (Å²) >= 11 is 5.89. The van der Waals surface area contributed by atoms with E-state index in [2.05, 4.69) is 10.1 Å². The first-order valence-corrected chi connectivity index (χ1v) is 6.67. The van der Waals surface area contributed by atoms with Gasteiger partial charge < -0.3 is 4.74 Å². The van der Waals surface area contributed by atoms with E-state index >= 15 is 0 Å². The molecule has 1 aromatic carbocycles. The van der Waals surface area contributed by atoms with Gasteiger partial charge in [0.25, 0.3) is 0 Å². The van der Waals surface area contributed by atoms with E-state index in [0.29, 0.717) is 21.9 Å². The lowest BCUT2D eigenvalue weighted by atomic mass is 10.2. The maximum Gasteiger partial charge on any atom is 0.341 e. The lowest BCUT2D eigenvalue weighted by Crippen LogP contribution is -2.09. The first-order chi connectivity index (χ1) is 10.1. The lowest BCUT2D eigenvalue weighted by Gasteiger charge is -2.04. The summed E-state index contributed by atoms with van der Waals surface area (Å²) in [6.45, 7) is 1.81. The standard InChI is InChI=1S/C15H12ClN3O2/c1-9-12(15(20)21-2)8-17-14-7-13(18-19(9)14)10-3-5-11(16)6-4-10/h3-8H,1-2H3. The molecule has 0 amide bonds. The molecular formula is C15H12ClN3O2. The van der Waals surface area contributed by atoms with Crippen LogP contribution >= 0.6 is 11.6 Å². The molecule has 2 heterocycles. The highest BCUT2D eigenvalue weighted by Crippen LogP contribution is 2.22. The Morgan fingerprint density at radius 3 is 2.67 bits per heavy atom. The Morgan fingerprint density at radius 2 is 2.00 bits per heavy atom. The first-order valence-electron chi connectivity index (χ1n) is 6.30. The molecule has 0 unspecified atom stereocenters. The zero-order valence-electron chi connectivity index (χ0n) is 11.5. The second-order valence-corrected chi connectivity index (χ2v) is 4.99. The molecule has 0 saturated heterocycles. The number of fused-ring (bicyclic) bond motifs is 1. The minimum atomic E-state index is -0.426. The topological polar surface area (TPSA) is 56.5 Å². The van der Waals surface area contributed by atoms with Crippen LogP contribution in [-0.2, 0) is 4.74 Å². The Morgan fingerprint density at radius 1 is 1.29 bits per heavy atom. The molecule has 0 N–H and O–H groups in total. The fraction of sp³-hybridized carbons (Fsp3) is 0.133. The SMILES string of the molecule is COC(=O)c1cnc2cc(-c3ccc(Cl)cc3)nn2c1C. The van der Waals surface area contributed by atoms with Gasteiger partial charge in [-0.2, -0.15) is 5.10 Å². The first kappa shape index (κ1) is 13.6. The van der Waals surface area contributed by atoms with Gasteiger partial charge in [-0.15, -0.1) is 0 Å². The fourth-order valence-electron chi connectivity index (χ4n) is 2.12. The third kappa shape index (κ3) is 2.36. The van der Waals surface area contributed by atoms with Crippen LogP contribution in [0.25, 0.3) is 16.9 Å². The highest BCUT2D eigenvalue weighted by Gasteiger charge is 2.15. The molecule has 0 radical (unpaired) electrons. The molecule has 0 aliphatic rings. The van der Waals surface area contributed by atoms with Crippen molar-refractivity contribution in [3.8, 4) is 11.3 Å². The Bertz CT molecular complexity index is 825. The number of carbonyl (C=O) groups is 1. The van der Waals surface area contributed by atoms with Crippen molar-refractivity contribution < 1.29 is 9.53 Å². The molecule has 3 rings (SSSR count). The summed E-state index contributed by atoms with van der Waals surface area (Å²) in [5.74, 6) is -0.426. The van der Waals surface area contributed by atoms with Crippen molar-refractivity contribution in [1.82, 2.24) is 14.6 Å². The molecule has 0 aliphatic carbocycles. The molecule has 2 aromatic heterocycles.